The highest BCUT2D eigenvalue weighted by molar-refractivity contribution is 14.0. The Labute approximate surface area is 181 Å². The third-order valence-electron chi connectivity index (χ3n) is 5.49. The van der Waals surface area contributed by atoms with Crippen LogP contribution in [0, 0.1) is 0 Å². The van der Waals surface area contributed by atoms with Crippen LogP contribution in [-0.2, 0) is 16.8 Å². The minimum atomic E-state index is 0. The van der Waals surface area contributed by atoms with E-state index in [9.17, 15) is 4.79 Å². The van der Waals surface area contributed by atoms with Crippen molar-refractivity contribution in [3.63, 3.8) is 0 Å². The lowest BCUT2D eigenvalue weighted by atomic mass is 9.82. The van der Waals surface area contributed by atoms with E-state index < -0.39 is 0 Å². The highest BCUT2D eigenvalue weighted by Gasteiger charge is 2.25. The van der Waals surface area contributed by atoms with Gasteiger partial charge in [0.15, 0.2) is 5.96 Å². The fourth-order valence-electron chi connectivity index (χ4n) is 3.18. The molecule has 1 aromatic rings. The Hall–Kier alpha value is -1.31. The first kappa shape index (κ1) is 23.7. The summed E-state index contributed by atoms with van der Waals surface area (Å²) >= 11 is 0. The monoisotopic (exact) mass is 486 g/mol. The molecule has 0 spiro atoms. The molecule has 0 aliphatic carbocycles. The van der Waals surface area contributed by atoms with Crippen molar-refractivity contribution in [1.29, 1.82) is 0 Å². The Bertz CT molecular complexity index is 628. The molecule has 1 aromatic carbocycles. The smallest absolute Gasteiger partial charge is 0.222 e. The molecule has 6 heteroatoms. The van der Waals surface area contributed by atoms with Crippen molar-refractivity contribution < 1.29 is 4.79 Å². The van der Waals surface area contributed by atoms with E-state index in [1.54, 1.807) is 7.05 Å². The van der Waals surface area contributed by atoms with Crippen LogP contribution in [-0.4, -0.2) is 42.9 Å². The van der Waals surface area contributed by atoms with Crippen molar-refractivity contribution in [3.05, 3.63) is 35.4 Å². The third-order valence-corrected chi connectivity index (χ3v) is 5.49. The molecule has 5 nitrogen and oxygen atoms in total. The summed E-state index contributed by atoms with van der Waals surface area (Å²) in [7, 11) is 1.78. The van der Waals surface area contributed by atoms with E-state index in [1.807, 2.05) is 11.8 Å². The quantitative estimate of drug-likeness (QED) is 0.367. The molecule has 0 bridgehead atoms. The van der Waals surface area contributed by atoms with Crippen LogP contribution in [0.4, 0.5) is 0 Å². The van der Waals surface area contributed by atoms with Gasteiger partial charge in [0.1, 0.15) is 0 Å². The SMILES string of the molecule is CCC(=O)N1CCC(NC(=NC)NCc2ccc(C(C)(C)CC)cc2)C1.I. The second kappa shape index (κ2) is 10.9. The second-order valence-corrected chi connectivity index (χ2v) is 7.68. The summed E-state index contributed by atoms with van der Waals surface area (Å²) in [5.74, 6) is 1.02. The molecule has 0 saturated carbocycles. The van der Waals surface area contributed by atoms with Gasteiger partial charge in [0.05, 0.1) is 0 Å². The van der Waals surface area contributed by atoms with Crippen LogP contribution in [0.5, 0.6) is 0 Å². The molecule has 1 unspecified atom stereocenters. The van der Waals surface area contributed by atoms with Gasteiger partial charge in [0.25, 0.3) is 0 Å². The Morgan fingerprint density at radius 2 is 1.93 bits per heavy atom. The van der Waals surface area contributed by atoms with Gasteiger partial charge in [-0.15, -0.1) is 24.0 Å². The second-order valence-electron chi connectivity index (χ2n) is 7.68. The Balaban J connectivity index is 0.00000364. The molecule has 2 rings (SSSR count). The van der Waals surface area contributed by atoms with Crippen molar-refractivity contribution in [2.45, 2.75) is 65.0 Å². The van der Waals surface area contributed by atoms with E-state index in [-0.39, 0.29) is 41.3 Å². The summed E-state index contributed by atoms with van der Waals surface area (Å²) in [6.07, 6.45) is 2.66. The van der Waals surface area contributed by atoms with Crippen LogP contribution >= 0.6 is 24.0 Å². The highest BCUT2D eigenvalue weighted by Crippen LogP contribution is 2.26. The fourth-order valence-corrected chi connectivity index (χ4v) is 3.18. The first-order valence-corrected chi connectivity index (χ1v) is 9.74. The summed E-state index contributed by atoms with van der Waals surface area (Å²) in [4.78, 5) is 18.0. The number of benzene rings is 1. The average molecular weight is 486 g/mol. The molecular weight excluding hydrogens is 451 g/mol. The van der Waals surface area contributed by atoms with Gasteiger partial charge < -0.3 is 15.5 Å². The van der Waals surface area contributed by atoms with E-state index in [0.29, 0.717) is 6.42 Å². The van der Waals surface area contributed by atoms with E-state index >= 15 is 0 Å². The maximum atomic E-state index is 11.8. The molecule has 2 N–H and O–H groups in total. The minimum Gasteiger partial charge on any atom is -0.352 e. The van der Waals surface area contributed by atoms with E-state index in [4.69, 9.17) is 0 Å². The van der Waals surface area contributed by atoms with Crippen molar-refractivity contribution in [2.24, 2.45) is 4.99 Å². The molecule has 1 fully saturated rings. The van der Waals surface area contributed by atoms with Crippen LogP contribution in [0.3, 0.4) is 0 Å². The fraction of sp³-hybridized carbons (Fsp3) is 0.619. The van der Waals surface area contributed by atoms with E-state index in [0.717, 1.165) is 38.4 Å². The summed E-state index contributed by atoms with van der Waals surface area (Å²) < 4.78 is 0. The summed E-state index contributed by atoms with van der Waals surface area (Å²) in [6.45, 7) is 11.0. The number of nitrogens with zero attached hydrogens (tertiary/aromatic N) is 2. The van der Waals surface area contributed by atoms with E-state index in [2.05, 4.69) is 60.7 Å². The van der Waals surface area contributed by atoms with Crippen molar-refractivity contribution in [3.8, 4) is 0 Å². The molecule has 1 amide bonds. The summed E-state index contributed by atoms with van der Waals surface area (Å²) in [5, 5.41) is 6.81. The third kappa shape index (κ3) is 6.66. The van der Waals surface area contributed by atoms with Crippen LogP contribution in [0.2, 0.25) is 0 Å². The number of halogens is 1. The van der Waals surface area contributed by atoms with Crippen molar-refractivity contribution >= 4 is 35.8 Å². The molecule has 1 aliphatic heterocycles. The van der Waals surface area contributed by atoms with Gasteiger partial charge in [-0.1, -0.05) is 52.0 Å². The molecular formula is C21H35IN4O. The molecule has 1 saturated heterocycles. The molecule has 152 valence electrons. The average Bonchev–Trinajstić information content (AvgIpc) is 3.13. The lowest BCUT2D eigenvalue weighted by molar-refractivity contribution is -0.129. The number of likely N-dealkylation sites (tertiary alicyclic amines) is 1. The zero-order valence-corrected chi connectivity index (χ0v) is 19.7. The summed E-state index contributed by atoms with van der Waals surface area (Å²) in [5.41, 5.74) is 2.82. The number of hydrogen-bond acceptors (Lipinski definition) is 2. The number of aliphatic imine (C=N–C) groups is 1. The predicted octanol–water partition coefficient (Wildman–Crippen LogP) is 3.67. The summed E-state index contributed by atoms with van der Waals surface area (Å²) in [6, 6.07) is 9.09. The van der Waals surface area contributed by atoms with Crippen LogP contribution < -0.4 is 10.6 Å². The van der Waals surface area contributed by atoms with Gasteiger partial charge in [-0.3, -0.25) is 9.79 Å². The Morgan fingerprint density at radius 3 is 2.48 bits per heavy atom. The van der Waals surface area contributed by atoms with Crippen molar-refractivity contribution in [2.75, 3.05) is 20.1 Å². The number of carbonyl (C=O) groups is 1. The lowest BCUT2D eigenvalue weighted by Crippen LogP contribution is -2.44. The molecule has 1 heterocycles. The largest absolute Gasteiger partial charge is 0.352 e. The van der Waals surface area contributed by atoms with Gasteiger partial charge in [-0.05, 0) is 29.4 Å². The zero-order chi connectivity index (χ0) is 19.2. The van der Waals surface area contributed by atoms with Gasteiger partial charge in [0.2, 0.25) is 5.91 Å². The topological polar surface area (TPSA) is 56.7 Å². The standard InChI is InChI=1S/C21H34N4O.HI/c1-6-19(26)25-13-12-18(15-25)24-20(22-5)23-14-16-8-10-17(11-9-16)21(3,4)7-2;/h8-11,18H,6-7,12-15H2,1-5H3,(H2,22,23,24);1H. The molecule has 1 atom stereocenters. The normalized spacial score (nSPS) is 17.4. The highest BCUT2D eigenvalue weighted by atomic mass is 127. The molecule has 0 radical (unpaired) electrons. The maximum Gasteiger partial charge on any atom is 0.222 e. The van der Waals surface area contributed by atoms with Crippen LogP contribution in [0.1, 0.15) is 58.1 Å². The van der Waals surface area contributed by atoms with Crippen LogP contribution in [0.15, 0.2) is 29.3 Å². The maximum absolute atomic E-state index is 11.8. The Morgan fingerprint density at radius 1 is 1.26 bits per heavy atom. The number of guanidine groups is 1. The molecule has 0 aromatic heterocycles. The van der Waals surface area contributed by atoms with Gasteiger partial charge in [-0.2, -0.15) is 0 Å². The Kier molecular flexibility index (Phi) is 9.56. The first-order chi connectivity index (χ1) is 12.4. The van der Waals surface area contributed by atoms with Gasteiger partial charge >= 0.3 is 0 Å². The van der Waals surface area contributed by atoms with E-state index in [1.165, 1.54) is 11.1 Å². The molecule has 1 aliphatic rings. The minimum absolute atomic E-state index is 0. The predicted molar refractivity (Wildman–Crippen MR) is 124 cm³/mol. The number of amides is 1. The zero-order valence-electron chi connectivity index (χ0n) is 17.3. The first-order valence-electron chi connectivity index (χ1n) is 9.74. The van der Waals surface area contributed by atoms with Gasteiger partial charge in [0, 0.05) is 39.1 Å². The lowest BCUT2D eigenvalue weighted by Gasteiger charge is -2.23. The number of rotatable bonds is 6. The number of carbonyl (C=O) groups excluding carboxylic acids is 1. The van der Waals surface area contributed by atoms with Crippen LogP contribution in [0.25, 0.3) is 0 Å². The number of hydrogen-bond donors (Lipinski definition) is 2. The van der Waals surface area contributed by atoms with Crippen molar-refractivity contribution in [1.82, 2.24) is 15.5 Å². The molecule has 27 heavy (non-hydrogen) atoms. The number of nitrogens with one attached hydrogen (secondary N) is 2. The van der Waals surface area contributed by atoms with Gasteiger partial charge in [-0.25, -0.2) is 0 Å².